The predicted octanol–water partition coefficient (Wildman–Crippen LogP) is 10.9. The smallest absolute Gasteiger partial charge is 0.306 e. The lowest BCUT2D eigenvalue weighted by atomic mass is 10.1. The molecule has 0 aliphatic rings. The van der Waals surface area contributed by atoms with Crippen molar-refractivity contribution in [2.24, 2.45) is 0 Å². The van der Waals surface area contributed by atoms with E-state index in [9.17, 15) is 14.7 Å². The van der Waals surface area contributed by atoms with E-state index in [0.717, 1.165) is 96.3 Å². The van der Waals surface area contributed by atoms with Gasteiger partial charge >= 0.3 is 11.9 Å². The summed E-state index contributed by atoms with van der Waals surface area (Å²) in [4.78, 5) is 24.2. The van der Waals surface area contributed by atoms with Crippen molar-refractivity contribution in [1.82, 2.24) is 0 Å². The minimum absolute atomic E-state index is 0.104. The molecule has 1 unspecified atom stereocenters. The third kappa shape index (κ3) is 33.7. The molecule has 0 aliphatic carbocycles. The Morgan fingerprint density at radius 1 is 0.500 bits per heavy atom. The molecule has 46 heavy (non-hydrogen) atoms. The molecule has 0 aliphatic heterocycles. The summed E-state index contributed by atoms with van der Waals surface area (Å²) in [6, 6.07) is 0. The van der Waals surface area contributed by atoms with Gasteiger partial charge in [-0.1, -0.05) is 130 Å². The summed E-state index contributed by atoms with van der Waals surface area (Å²) in [6.07, 6.45) is 50.3. The number of aliphatic hydroxyl groups is 1. The second-order valence-electron chi connectivity index (χ2n) is 11.2. The van der Waals surface area contributed by atoms with Crippen LogP contribution < -0.4 is 0 Å². The fourth-order valence-electron chi connectivity index (χ4n) is 4.25. The van der Waals surface area contributed by atoms with E-state index in [-0.39, 0.29) is 31.6 Å². The molecule has 1 N–H and O–H groups in total. The fourth-order valence-corrected chi connectivity index (χ4v) is 4.25. The maximum absolute atomic E-state index is 12.1. The van der Waals surface area contributed by atoms with Crippen LogP contribution in [0.4, 0.5) is 0 Å². The van der Waals surface area contributed by atoms with Crippen LogP contribution in [0.1, 0.15) is 129 Å². The standard InChI is InChI=1S/C41H64O5/c1-3-5-7-9-11-13-15-17-19-20-22-24-26-28-30-32-34-36-41(44)46-39(37-42)38-45-40(43)35-33-31-29-27-25-23-21-18-16-14-12-10-8-6-4-2/h5-8,11-14,17-19,21-22,24,28,30,39,42H,3-4,9-10,15-16,20,23,25-27,29,31-38H2,1-2H3/b7-5-,8-6-,13-11-,14-12-,19-17-,21-18-,24-22-,30-28-. The second-order valence-corrected chi connectivity index (χ2v) is 11.2. The van der Waals surface area contributed by atoms with Gasteiger partial charge in [-0.25, -0.2) is 0 Å². The number of rotatable bonds is 30. The summed E-state index contributed by atoms with van der Waals surface area (Å²) in [5.41, 5.74) is 0. The Labute approximate surface area is 281 Å². The van der Waals surface area contributed by atoms with Crippen LogP contribution in [0.25, 0.3) is 0 Å². The summed E-state index contributed by atoms with van der Waals surface area (Å²) in [5, 5.41) is 9.52. The van der Waals surface area contributed by atoms with Gasteiger partial charge in [0, 0.05) is 12.8 Å². The number of carbonyl (C=O) groups is 2. The minimum atomic E-state index is -0.813. The fraction of sp³-hybridized carbons (Fsp3) is 0.561. The summed E-state index contributed by atoms with van der Waals surface area (Å²) in [6.45, 7) is 3.82. The average molecular weight is 637 g/mol. The lowest BCUT2D eigenvalue weighted by Gasteiger charge is -2.15. The number of carbonyl (C=O) groups excluding carboxylic acids is 2. The van der Waals surface area contributed by atoms with Crippen molar-refractivity contribution in [3.63, 3.8) is 0 Å². The van der Waals surface area contributed by atoms with E-state index >= 15 is 0 Å². The molecule has 0 saturated heterocycles. The molecule has 5 heteroatoms. The third-order valence-electron chi connectivity index (χ3n) is 6.87. The number of ether oxygens (including phenoxy) is 2. The largest absolute Gasteiger partial charge is 0.462 e. The first-order valence-electron chi connectivity index (χ1n) is 17.8. The van der Waals surface area contributed by atoms with Crippen molar-refractivity contribution in [2.75, 3.05) is 13.2 Å². The van der Waals surface area contributed by atoms with Gasteiger partial charge in [0.1, 0.15) is 6.61 Å². The molecular weight excluding hydrogens is 572 g/mol. The van der Waals surface area contributed by atoms with Gasteiger partial charge in [-0.2, -0.15) is 0 Å². The number of esters is 2. The van der Waals surface area contributed by atoms with Crippen LogP contribution in [0, 0.1) is 0 Å². The van der Waals surface area contributed by atoms with Crippen molar-refractivity contribution in [1.29, 1.82) is 0 Å². The first-order chi connectivity index (χ1) is 22.6. The molecule has 0 amide bonds. The van der Waals surface area contributed by atoms with E-state index in [2.05, 4.69) is 111 Å². The molecule has 0 bridgehead atoms. The van der Waals surface area contributed by atoms with Crippen molar-refractivity contribution < 1.29 is 24.2 Å². The van der Waals surface area contributed by atoms with Gasteiger partial charge in [-0.3, -0.25) is 9.59 Å². The van der Waals surface area contributed by atoms with Crippen molar-refractivity contribution >= 4 is 11.9 Å². The highest BCUT2D eigenvalue weighted by atomic mass is 16.6. The van der Waals surface area contributed by atoms with Crippen LogP contribution in [0.3, 0.4) is 0 Å². The van der Waals surface area contributed by atoms with Gasteiger partial charge in [0.25, 0.3) is 0 Å². The highest BCUT2D eigenvalue weighted by Crippen LogP contribution is 2.09. The molecule has 1 atom stereocenters. The lowest BCUT2D eigenvalue weighted by molar-refractivity contribution is -0.161. The van der Waals surface area contributed by atoms with Crippen molar-refractivity contribution in [2.45, 2.75) is 136 Å². The molecular formula is C41H64O5. The number of allylic oxidation sites excluding steroid dienone is 16. The Morgan fingerprint density at radius 2 is 0.891 bits per heavy atom. The number of hydrogen-bond acceptors (Lipinski definition) is 5. The van der Waals surface area contributed by atoms with Crippen molar-refractivity contribution in [3.05, 3.63) is 97.2 Å². The monoisotopic (exact) mass is 636 g/mol. The predicted molar refractivity (Wildman–Crippen MR) is 195 cm³/mol. The minimum Gasteiger partial charge on any atom is -0.462 e. The van der Waals surface area contributed by atoms with Gasteiger partial charge in [-0.15, -0.1) is 0 Å². The first-order valence-corrected chi connectivity index (χ1v) is 17.8. The highest BCUT2D eigenvalue weighted by molar-refractivity contribution is 5.70. The number of aliphatic hydroxyl groups excluding tert-OH is 1. The normalized spacial score (nSPS) is 13.4. The molecule has 0 aromatic rings. The quantitative estimate of drug-likeness (QED) is 0.0482. The van der Waals surface area contributed by atoms with E-state index in [4.69, 9.17) is 9.47 Å². The van der Waals surface area contributed by atoms with E-state index in [0.29, 0.717) is 12.8 Å². The van der Waals surface area contributed by atoms with Gasteiger partial charge in [0.05, 0.1) is 6.61 Å². The Morgan fingerprint density at radius 3 is 1.37 bits per heavy atom. The molecule has 0 fully saturated rings. The molecule has 0 radical (unpaired) electrons. The second kappa shape index (κ2) is 36.3. The maximum atomic E-state index is 12.1. The lowest BCUT2D eigenvalue weighted by Crippen LogP contribution is -2.28. The van der Waals surface area contributed by atoms with Crippen LogP contribution in [-0.2, 0) is 19.1 Å². The van der Waals surface area contributed by atoms with Gasteiger partial charge in [0.2, 0.25) is 0 Å². The summed E-state index contributed by atoms with van der Waals surface area (Å²) < 4.78 is 10.5. The van der Waals surface area contributed by atoms with Crippen LogP contribution in [0.2, 0.25) is 0 Å². The van der Waals surface area contributed by atoms with Crippen LogP contribution in [0.5, 0.6) is 0 Å². The first kappa shape index (κ1) is 42.8. The van der Waals surface area contributed by atoms with E-state index in [1.807, 2.05) is 0 Å². The Balaban J connectivity index is 3.76. The number of hydrogen-bond donors (Lipinski definition) is 1. The van der Waals surface area contributed by atoms with E-state index < -0.39 is 6.10 Å². The molecule has 0 spiro atoms. The average Bonchev–Trinajstić information content (AvgIpc) is 3.06. The van der Waals surface area contributed by atoms with E-state index in [1.165, 1.54) is 0 Å². The molecule has 0 aromatic heterocycles. The van der Waals surface area contributed by atoms with Crippen LogP contribution >= 0.6 is 0 Å². The van der Waals surface area contributed by atoms with E-state index in [1.54, 1.807) is 0 Å². The molecule has 5 nitrogen and oxygen atoms in total. The summed E-state index contributed by atoms with van der Waals surface area (Å²) >= 11 is 0. The molecule has 258 valence electrons. The highest BCUT2D eigenvalue weighted by Gasteiger charge is 2.15. The third-order valence-corrected chi connectivity index (χ3v) is 6.87. The van der Waals surface area contributed by atoms with Crippen LogP contribution in [-0.4, -0.2) is 36.4 Å². The molecule has 0 heterocycles. The van der Waals surface area contributed by atoms with Gasteiger partial charge < -0.3 is 14.6 Å². The zero-order valence-electron chi connectivity index (χ0n) is 29.0. The van der Waals surface area contributed by atoms with Gasteiger partial charge in [0.15, 0.2) is 6.10 Å². The van der Waals surface area contributed by atoms with Crippen molar-refractivity contribution in [3.8, 4) is 0 Å². The zero-order chi connectivity index (χ0) is 33.6. The Bertz CT molecular complexity index is 948. The zero-order valence-corrected chi connectivity index (χ0v) is 29.0. The summed E-state index contributed by atoms with van der Waals surface area (Å²) in [7, 11) is 0. The molecule has 0 saturated carbocycles. The molecule has 0 rings (SSSR count). The Kier molecular flexibility index (Phi) is 33.8. The SMILES string of the molecule is CC/C=C\C/C=C\C/C=C\C/C=C\C/C=C\CCCC(=O)OC(CO)COC(=O)CCCCCCC/C=C\C/C=C\C/C=C\CC. The Hall–Kier alpha value is -3.18. The maximum Gasteiger partial charge on any atom is 0.306 e. The van der Waals surface area contributed by atoms with Crippen LogP contribution in [0.15, 0.2) is 97.2 Å². The van der Waals surface area contributed by atoms with Gasteiger partial charge in [-0.05, 0) is 83.5 Å². The molecule has 0 aromatic carbocycles. The summed E-state index contributed by atoms with van der Waals surface area (Å²) in [5.74, 6) is -0.692. The topological polar surface area (TPSA) is 72.8 Å². The number of unbranched alkanes of at least 4 members (excludes halogenated alkanes) is 6.